The minimum Gasteiger partial charge on any atom is -0.483 e. The van der Waals surface area contributed by atoms with Crippen LogP contribution in [0.25, 0.3) is 0 Å². The number of hydrogen-bond donors (Lipinski definition) is 1. The molecule has 6 nitrogen and oxygen atoms in total. The molecule has 1 aliphatic heterocycles. The van der Waals surface area contributed by atoms with Crippen molar-refractivity contribution >= 4 is 27.3 Å². The van der Waals surface area contributed by atoms with Crippen LogP contribution in [0.4, 0.5) is 15.8 Å². The Balaban J connectivity index is 1.47. The number of halogens is 1. The van der Waals surface area contributed by atoms with Gasteiger partial charge in [0, 0.05) is 12.2 Å². The molecule has 0 unspecified atom stereocenters. The lowest BCUT2D eigenvalue weighted by Gasteiger charge is -2.30. The van der Waals surface area contributed by atoms with Gasteiger partial charge in [0.2, 0.25) is 0 Å². The number of carbonyl (C=O) groups excluding carboxylic acids is 1. The number of benzene rings is 3. The zero-order valence-electron chi connectivity index (χ0n) is 17.5. The van der Waals surface area contributed by atoms with Crippen LogP contribution in [-0.2, 0) is 21.2 Å². The predicted molar refractivity (Wildman–Crippen MR) is 121 cm³/mol. The van der Waals surface area contributed by atoms with Crippen LogP contribution < -0.4 is 14.4 Å². The summed E-state index contributed by atoms with van der Waals surface area (Å²) in [6, 6.07) is 17.7. The number of nitrogens with zero attached hydrogens (tertiary/aromatic N) is 1. The second kappa shape index (κ2) is 9.00. The van der Waals surface area contributed by atoms with Crippen LogP contribution in [0.2, 0.25) is 0 Å². The molecular formula is C24H23FN2O4S. The maximum atomic E-state index is 13.3. The third kappa shape index (κ3) is 4.60. The normalized spacial score (nSPS) is 13.4. The van der Waals surface area contributed by atoms with E-state index in [1.807, 2.05) is 24.3 Å². The Hall–Kier alpha value is -3.39. The zero-order chi connectivity index (χ0) is 22.7. The number of sulfonamides is 1. The summed E-state index contributed by atoms with van der Waals surface area (Å²) in [5.41, 5.74) is 2.66. The van der Waals surface area contributed by atoms with Gasteiger partial charge in [-0.1, -0.05) is 24.3 Å². The summed E-state index contributed by atoms with van der Waals surface area (Å²) in [6.45, 7) is 1.86. The summed E-state index contributed by atoms with van der Waals surface area (Å²) >= 11 is 0. The predicted octanol–water partition coefficient (Wildman–Crippen LogP) is 4.29. The number of fused-ring (bicyclic) bond motifs is 1. The van der Waals surface area contributed by atoms with Gasteiger partial charge in [0.25, 0.3) is 15.9 Å². The Labute approximate surface area is 186 Å². The quantitative estimate of drug-likeness (QED) is 0.603. The zero-order valence-corrected chi connectivity index (χ0v) is 18.4. The molecule has 0 fully saturated rings. The summed E-state index contributed by atoms with van der Waals surface area (Å²) in [4.78, 5) is 12.3. The summed E-state index contributed by atoms with van der Waals surface area (Å²) in [7, 11) is -3.73. The molecule has 8 heteroatoms. The van der Waals surface area contributed by atoms with Gasteiger partial charge in [0.05, 0.1) is 10.6 Å². The van der Waals surface area contributed by atoms with E-state index >= 15 is 0 Å². The van der Waals surface area contributed by atoms with Crippen molar-refractivity contribution in [2.45, 2.75) is 24.7 Å². The van der Waals surface area contributed by atoms with Gasteiger partial charge in [0.15, 0.2) is 6.61 Å². The van der Waals surface area contributed by atoms with Crippen molar-refractivity contribution in [2.75, 3.05) is 22.8 Å². The fourth-order valence-electron chi connectivity index (χ4n) is 3.73. The topological polar surface area (TPSA) is 75.7 Å². The number of ether oxygens (including phenoxy) is 1. The molecule has 1 heterocycles. The van der Waals surface area contributed by atoms with Crippen molar-refractivity contribution in [3.05, 3.63) is 83.7 Å². The highest BCUT2D eigenvalue weighted by Crippen LogP contribution is 2.33. The average molecular weight is 455 g/mol. The fourth-order valence-corrected chi connectivity index (χ4v) is 5.35. The first-order chi connectivity index (χ1) is 15.3. The van der Waals surface area contributed by atoms with Gasteiger partial charge in [-0.3, -0.25) is 9.10 Å². The van der Waals surface area contributed by atoms with Crippen LogP contribution in [0.1, 0.15) is 17.5 Å². The molecule has 1 N–H and O–H groups in total. The number of nitrogens with one attached hydrogen (secondary N) is 1. The standard InChI is InChI=1S/C24H23FN2O4S/c1-17-14-21(32(29,30)27-13-5-7-18-6-2-3-10-22(18)27)11-12-23(17)31-16-24(28)26-20-9-4-8-19(25)15-20/h2-4,6,8-12,14-15H,5,7,13,16H2,1H3,(H,26,28). The van der Waals surface area contributed by atoms with E-state index in [1.165, 1.54) is 28.6 Å². The number of anilines is 2. The van der Waals surface area contributed by atoms with Crippen LogP contribution >= 0.6 is 0 Å². The van der Waals surface area contributed by atoms with E-state index in [-0.39, 0.29) is 11.5 Å². The lowest BCUT2D eigenvalue weighted by Crippen LogP contribution is -2.35. The largest absolute Gasteiger partial charge is 0.483 e. The van der Waals surface area contributed by atoms with Gasteiger partial charge in [0.1, 0.15) is 11.6 Å². The summed E-state index contributed by atoms with van der Waals surface area (Å²) in [5.74, 6) is -0.498. The Kier molecular flexibility index (Phi) is 6.14. The molecule has 0 atom stereocenters. The van der Waals surface area contributed by atoms with Gasteiger partial charge >= 0.3 is 0 Å². The Morgan fingerprint density at radius 3 is 2.69 bits per heavy atom. The maximum absolute atomic E-state index is 13.3. The van der Waals surface area contributed by atoms with Gasteiger partial charge in [-0.05, 0) is 73.4 Å². The molecule has 3 aromatic rings. The summed E-state index contributed by atoms with van der Waals surface area (Å²) in [6.07, 6.45) is 1.61. The average Bonchev–Trinajstić information content (AvgIpc) is 2.77. The summed E-state index contributed by atoms with van der Waals surface area (Å²) < 4.78 is 46.8. The van der Waals surface area contributed by atoms with Crippen LogP contribution in [-0.4, -0.2) is 27.5 Å². The molecule has 32 heavy (non-hydrogen) atoms. The van der Waals surface area contributed by atoms with E-state index in [0.717, 1.165) is 18.4 Å². The SMILES string of the molecule is Cc1cc(S(=O)(=O)N2CCCc3ccccc32)ccc1OCC(=O)Nc1cccc(F)c1. The Morgan fingerprint density at radius 1 is 1.09 bits per heavy atom. The van der Waals surface area contributed by atoms with E-state index in [2.05, 4.69) is 5.32 Å². The lowest BCUT2D eigenvalue weighted by molar-refractivity contribution is -0.118. The highest BCUT2D eigenvalue weighted by molar-refractivity contribution is 7.92. The first-order valence-corrected chi connectivity index (χ1v) is 11.7. The minimum atomic E-state index is -3.73. The molecule has 4 rings (SSSR count). The molecule has 0 aromatic heterocycles. The molecule has 0 bridgehead atoms. The number of para-hydroxylation sites is 1. The van der Waals surface area contributed by atoms with Gasteiger partial charge in [-0.2, -0.15) is 0 Å². The van der Waals surface area contributed by atoms with Crippen molar-refractivity contribution in [1.29, 1.82) is 0 Å². The van der Waals surface area contributed by atoms with Crippen molar-refractivity contribution in [3.63, 3.8) is 0 Å². The van der Waals surface area contributed by atoms with Crippen LogP contribution in [0.15, 0.2) is 71.6 Å². The molecule has 0 radical (unpaired) electrons. The van der Waals surface area contributed by atoms with E-state index in [9.17, 15) is 17.6 Å². The van der Waals surface area contributed by atoms with Crippen molar-refractivity contribution in [3.8, 4) is 5.75 Å². The molecule has 3 aromatic carbocycles. The third-order valence-electron chi connectivity index (χ3n) is 5.27. The van der Waals surface area contributed by atoms with Crippen molar-refractivity contribution < 1.29 is 22.3 Å². The second-order valence-electron chi connectivity index (χ2n) is 7.58. The van der Waals surface area contributed by atoms with Crippen molar-refractivity contribution in [2.24, 2.45) is 0 Å². The maximum Gasteiger partial charge on any atom is 0.264 e. The molecule has 0 saturated carbocycles. The van der Waals surface area contributed by atoms with Crippen LogP contribution in [0.3, 0.4) is 0 Å². The van der Waals surface area contributed by atoms with Gasteiger partial charge in [-0.15, -0.1) is 0 Å². The van der Waals surface area contributed by atoms with E-state index < -0.39 is 21.7 Å². The number of rotatable bonds is 6. The number of carbonyl (C=O) groups is 1. The highest BCUT2D eigenvalue weighted by atomic mass is 32.2. The number of aryl methyl sites for hydroxylation is 2. The lowest BCUT2D eigenvalue weighted by atomic mass is 10.0. The van der Waals surface area contributed by atoms with Crippen LogP contribution in [0, 0.1) is 12.7 Å². The first kappa shape index (κ1) is 21.8. The Bertz CT molecular complexity index is 1260. The second-order valence-corrected chi connectivity index (χ2v) is 9.45. The molecule has 0 aliphatic carbocycles. The van der Waals surface area contributed by atoms with Crippen LogP contribution in [0.5, 0.6) is 5.75 Å². The molecular weight excluding hydrogens is 431 g/mol. The monoisotopic (exact) mass is 454 g/mol. The number of amides is 1. The Morgan fingerprint density at radius 2 is 1.91 bits per heavy atom. The molecule has 0 spiro atoms. The minimum absolute atomic E-state index is 0.170. The molecule has 1 aliphatic rings. The smallest absolute Gasteiger partial charge is 0.264 e. The molecule has 166 valence electrons. The fraction of sp³-hybridized carbons (Fsp3) is 0.208. The highest BCUT2D eigenvalue weighted by Gasteiger charge is 2.29. The third-order valence-corrected chi connectivity index (χ3v) is 7.08. The van der Waals surface area contributed by atoms with Gasteiger partial charge in [-0.25, -0.2) is 12.8 Å². The molecule has 0 saturated heterocycles. The number of hydrogen-bond acceptors (Lipinski definition) is 4. The summed E-state index contributed by atoms with van der Waals surface area (Å²) in [5, 5.41) is 2.55. The molecule has 1 amide bonds. The van der Waals surface area contributed by atoms with E-state index in [1.54, 1.807) is 25.1 Å². The van der Waals surface area contributed by atoms with E-state index in [4.69, 9.17) is 4.74 Å². The van der Waals surface area contributed by atoms with Crippen molar-refractivity contribution in [1.82, 2.24) is 0 Å². The van der Waals surface area contributed by atoms with Gasteiger partial charge < -0.3 is 10.1 Å². The first-order valence-electron chi connectivity index (χ1n) is 10.2. The van der Waals surface area contributed by atoms with E-state index in [0.29, 0.717) is 29.2 Å².